The van der Waals surface area contributed by atoms with Crippen molar-refractivity contribution in [1.29, 1.82) is 0 Å². The highest BCUT2D eigenvalue weighted by Crippen LogP contribution is 2.10. The third kappa shape index (κ3) is 1.62. The van der Waals surface area contributed by atoms with E-state index in [1.807, 2.05) is 0 Å². The first-order valence-electron chi connectivity index (χ1n) is 3.66. The largest absolute Gasteiger partial charge is 0.527 e. The topological polar surface area (TPSA) is 17.8 Å². The SMILES string of the molecule is CC(C)n1nccc1[B-](F)(F)F. The Morgan fingerprint density at radius 1 is 1.42 bits per heavy atom. The van der Waals surface area contributed by atoms with Crippen LogP contribution in [0.15, 0.2) is 12.3 Å². The summed E-state index contributed by atoms with van der Waals surface area (Å²) >= 11 is 0. The van der Waals surface area contributed by atoms with Gasteiger partial charge in [0.15, 0.2) is 0 Å². The molecule has 0 fully saturated rings. The molecule has 0 aliphatic carbocycles. The number of nitrogens with zero attached hydrogens (tertiary/aromatic N) is 2. The van der Waals surface area contributed by atoms with Crippen molar-refractivity contribution >= 4 is 12.6 Å². The zero-order valence-electron chi connectivity index (χ0n) is 6.84. The molecule has 0 aliphatic rings. The highest BCUT2D eigenvalue weighted by Gasteiger charge is 2.30. The van der Waals surface area contributed by atoms with Gasteiger partial charge in [-0.05, 0) is 19.4 Å². The summed E-state index contributed by atoms with van der Waals surface area (Å²) in [6.07, 6.45) is 1.17. The fraction of sp³-hybridized carbons (Fsp3) is 0.500. The van der Waals surface area contributed by atoms with Crippen molar-refractivity contribution in [3.63, 3.8) is 0 Å². The third-order valence-electron chi connectivity index (χ3n) is 1.53. The Hall–Kier alpha value is -0.935. The van der Waals surface area contributed by atoms with Crippen molar-refractivity contribution in [2.75, 3.05) is 0 Å². The van der Waals surface area contributed by atoms with Crippen molar-refractivity contribution < 1.29 is 12.9 Å². The predicted octanol–water partition coefficient (Wildman–Crippen LogP) is 1.52. The van der Waals surface area contributed by atoms with Gasteiger partial charge in [0.2, 0.25) is 0 Å². The minimum absolute atomic E-state index is 0.251. The average molecular weight is 177 g/mol. The standard InChI is InChI=1S/C6H9BF3N2/c1-5(2)12-6(3-4-11-12)7(8,9)10/h3-5H,1-2H3/q-1. The second-order valence-corrected chi connectivity index (χ2v) is 2.87. The molecule has 0 amide bonds. The molecular weight excluding hydrogens is 168 g/mol. The van der Waals surface area contributed by atoms with Crippen molar-refractivity contribution in [1.82, 2.24) is 9.78 Å². The second kappa shape index (κ2) is 2.84. The van der Waals surface area contributed by atoms with E-state index in [0.29, 0.717) is 0 Å². The van der Waals surface area contributed by atoms with Gasteiger partial charge in [-0.25, -0.2) is 0 Å². The Kier molecular flexibility index (Phi) is 2.17. The van der Waals surface area contributed by atoms with Gasteiger partial charge in [-0.2, -0.15) is 5.10 Å². The highest BCUT2D eigenvalue weighted by molar-refractivity contribution is 6.72. The fourth-order valence-corrected chi connectivity index (χ4v) is 1.02. The quantitative estimate of drug-likeness (QED) is 0.626. The Balaban J connectivity index is 3.08. The highest BCUT2D eigenvalue weighted by atomic mass is 19.4. The number of hydrogen-bond acceptors (Lipinski definition) is 1. The third-order valence-corrected chi connectivity index (χ3v) is 1.53. The summed E-state index contributed by atoms with van der Waals surface area (Å²) in [5, 5.41) is 3.59. The van der Waals surface area contributed by atoms with E-state index >= 15 is 0 Å². The maximum Gasteiger partial charge on any atom is 0.527 e. The lowest BCUT2D eigenvalue weighted by atomic mass is 9.86. The van der Waals surface area contributed by atoms with Crippen molar-refractivity contribution in [3.05, 3.63) is 12.3 Å². The Labute approximate surface area is 68.4 Å². The van der Waals surface area contributed by atoms with Crippen molar-refractivity contribution in [2.24, 2.45) is 0 Å². The van der Waals surface area contributed by atoms with Crippen molar-refractivity contribution in [3.8, 4) is 0 Å². The van der Waals surface area contributed by atoms with Gasteiger partial charge in [-0.3, -0.25) is 4.68 Å². The van der Waals surface area contributed by atoms with Crippen LogP contribution < -0.4 is 5.59 Å². The summed E-state index contributed by atoms with van der Waals surface area (Å²) < 4.78 is 37.7. The number of halogens is 3. The minimum Gasteiger partial charge on any atom is -0.444 e. The molecule has 0 saturated heterocycles. The molecule has 2 nitrogen and oxygen atoms in total. The molecule has 0 radical (unpaired) electrons. The van der Waals surface area contributed by atoms with Crippen LogP contribution in [0.4, 0.5) is 12.9 Å². The molecule has 0 saturated carbocycles. The Bertz CT molecular complexity index is 266. The lowest BCUT2D eigenvalue weighted by Crippen LogP contribution is -2.40. The van der Waals surface area contributed by atoms with Crippen LogP contribution >= 0.6 is 0 Å². The summed E-state index contributed by atoms with van der Waals surface area (Å²) in [4.78, 5) is 0. The number of rotatable bonds is 2. The predicted molar refractivity (Wildman–Crippen MR) is 41.3 cm³/mol. The van der Waals surface area contributed by atoms with Crippen LogP contribution in [0.3, 0.4) is 0 Å². The minimum atomic E-state index is -4.93. The van der Waals surface area contributed by atoms with Crippen LogP contribution in [0.1, 0.15) is 19.9 Å². The first-order chi connectivity index (χ1) is 5.43. The molecule has 0 spiro atoms. The van der Waals surface area contributed by atoms with Crippen LogP contribution in [0.2, 0.25) is 0 Å². The molecule has 1 heterocycles. The molecule has 0 aliphatic heterocycles. The molecule has 1 aromatic heterocycles. The Morgan fingerprint density at radius 3 is 2.33 bits per heavy atom. The normalized spacial score (nSPS) is 12.5. The first-order valence-corrected chi connectivity index (χ1v) is 3.66. The van der Waals surface area contributed by atoms with Gasteiger partial charge in [-0.15, -0.1) is 0 Å². The molecule has 0 aromatic carbocycles. The molecule has 1 rings (SSSR count). The lowest BCUT2D eigenvalue weighted by molar-refractivity contribution is 0.473. The van der Waals surface area contributed by atoms with Crippen molar-refractivity contribution in [2.45, 2.75) is 19.9 Å². The van der Waals surface area contributed by atoms with Crippen LogP contribution in [0, 0.1) is 0 Å². The summed E-state index contributed by atoms with van der Waals surface area (Å²) in [6, 6.07) is 0.749. The van der Waals surface area contributed by atoms with Gasteiger partial charge in [0.05, 0.1) is 0 Å². The van der Waals surface area contributed by atoms with Gasteiger partial charge in [0, 0.05) is 12.2 Å². The van der Waals surface area contributed by atoms with Gasteiger partial charge >= 0.3 is 6.98 Å². The van der Waals surface area contributed by atoms with Gasteiger partial charge in [0.1, 0.15) is 0 Å². The molecule has 1 aromatic rings. The molecule has 0 N–H and O–H groups in total. The van der Waals surface area contributed by atoms with Crippen LogP contribution in [0.25, 0.3) is 0 Å². The Morgan fingerprint density at radius 2 is 2.00 bits per heavy atom. The summed E-state index contributed by atoms with van der Waals surface area (Å²) in [5.74, 6) is 0. The van der Waals surface area contributed by atoms with E-state index in [1.165, 1.54) is 6.20 Å². The smallest absolute Gasteiger partial charge is 0.444 e. The van der Waals surface area contributed by atoms with Crippen LogP contribution in [-0.2, 0) is 0 Å². The number of aromatic nitrogens is 2. The average Bonchev–Trinajstić information content (AvgIpc) is 2.30. The molecule has 12 heavy (non-hydrogen) atoms. The molecule has 68 valence electrons. The van der Waals surface area contributed by atoms with E-state index in [0.717, 1.165) is 10.7 Å². The van der Waals surface area contributed by atoms with Gasteiger partial charge < -0.3 is 12.9 Å². The van der Waals surface area contributed by atoms with E-state index < -0.39 is 12.6 Å². The maximum atomic E-state index is 12.2. The number of hydrogen-bond donors (Lipinski definition) is 0. The molecule has 0 bridgehead atoms. The molecule has 0 atom stereocenters. The second-order valence-electron chi connectivity index (χ2n) is 2.87. The lowest BCUT2D eigenvalue weighted by Gasteiger charge is -2.19. The van der Waals surface area contributed by atoms with E-state index in [9.17, 15) is 12.9 Å². The van der Waals surface area contributed by atoms with Gasteiger partial charge in [-0.1, -0.05) is 6.07 Å². The maximum absolute atomic E-state index is 12.2. The summed E-state index contributed by atoms with van der Waals surface area (Å²) in [5.41, 5.74) is -0.634. The first kappa shape index (κ1) is 9.16. The molecular formula is C6H9BF3N2-. The fourth-order valence-electron chi connectivity index (χ4n) is 1.02. The van der Waals surface area contributed by atoms with Gasteiger partial charge in [0.25, 0.3) is 0 Å². The van der Waals surface area contributed by atoms with E-state index in [4.69, 9.17) is 0 Å². The monoisotopic (exact) mass is 177 g/mol. The van der Waals surface area contributed by atoms with Crippen LogP contribution in [-0.4, -0.2) is 16.8 Å². The molecule has 0 unspecified atom stereocenters. The van der Waals surface area contributed by atoms with E-state index in [1.54, 1.807) is 13.8 Å². The van der Waals surface area contributed by atoms with E-state index in [-0.39, 0.29) is 6.04 Å². The van der Waals surface area contributed by atoms with E-state index in [2.05, 4.69) is 5.10 Å². The zero-order valence-corrected chi connectivity index (χ0v) is 6.84. The molecule has 6 heteroatoms. The zero-order chi connectivity index (χ0) is 9.35. The van der Waals surface area contributed by atoms with Crippen LogP contribution in [0.5, 0.6) is 0 Å². The summed E-state index contributed by atoms with van der Waals surface area (Å²) in [6.45, 7) is -1.60. The summed E-state index contributed by atoms with van der Waals surface area (Å²) in [7, 11) is 0.